The summed E-state index contributed by atoms with van der Waals surface area (Å²) in [5.74, 6) is -3.32. The van der Waals surface area contributed by atoms with Crippen LogP contribution in [0, 0.1) is 11.8 Å². The monoisotopic (exact) mass is 841 g/mol. The Bertz CT molecular complexity index is 2150. The van der Waals surface area contributed by atoms with Gasteiger partial charge in [-0.2, -0.15) is 0 Å². The number of aliphatic carboxylic acids is 1. The first-order valence-electron chi connectivity index (χ1n) is 21.9. The van der Waals surface area contributed by atoms with E-state index >= 15 is 0 Å². The molecule has 0 radical (unpaired) electrons. The smallest absolute Gasteiger partial charge is 0.326 e. The van der Waals surface area contributed by atoms with Crippen molar-refractivity contribution in [3.63, 3.8) is 0 Å². The quantitative estimate of drug-likeness (QED) is 0.101. The van der Waals surface area contributed by atoms with Crippen molar-refractivity contribution in [2.45, 2.75) is 115 Å². The summed E-state index contributed by atoms with van der Waals surface area (Å²) in [6.07, 6.45) is 6.05. The van der Waals surface area contributed by atoms with Crippen LogP contribution in [0.25, 0.3) is 11.1 Å². The zero-order valence-electron chi connectivity index (χ0n) is 35.7. The first-order valence-corrected chi connectivity index (χ1v) is 21.9. The third-order valence-corrected chi connectivity index (χ3v) is 11.7. The number of hydrogen-bond donors (Lipinski definition) is 6. The number of nitrogens with one attached hydrogen (secondary N) is 5. The standard InChI is InChI=1S/C50H59N5O7/c1-32(2)27-35-13-19-38(20-14-35)39-21-15-36(16-22-39)30-43-48(59)54-42(29-34-11-7-4-8-12-34)49(60)55-44(50(61)62)31-37-17-23-40(24-18-37)51-45(56)25-26-46(57)52-41(47(58)53-43)28-33-9-5-3-6-10-33/h4,7-8,11-24,32-33,41-44H,3,5-6,9-10,25-31H2,1-2H3,(H,51,56)(H,52,57)(H,53,58)(H,54,59)(H,55,60)(H,61,62). The van der Waals surface area contributed by atoms with Crippen LogP contribution < -0.4 is 26.6 Å². The molecule has 2 heterocycles. The average Bonchev–Trinajstić information content (AvgIpc) is 3.26. The lowest BCUT2D eigenvalue weighted by molar-refractivity contribution is -0.142. The average molecular weight is 842 g/mol. The van der Waals surface area contributed by atoms with E-state index in [0.717, 1.165) is 60.8 Å². The topological polar surface area (TPSA) is 183 Å². The highest BCUT2D eigenvalue weighted by Gasteiger charge is 2.33. The van der Waals surface area contributed by atoms with Crippen LogP contribution in [0.15, 0.2) is 103 Å². The molecule has 0 aromatic heterocycles. The molecule has 4 unspecified atom stereocenters. The molecule has 62 heavy (non-hydrogen) atoms. The third kappa shape index (κ3) is 13.6. The summed E-state index contributed by atoms with van der Waals surface area (Å²) in [6.45, 7) is 4.37. The van der Waals surface area contributed by atoms with Gasteiger partial charge in [-0.1, -0.05) is 137 Å². The highest BCUT2D eigenvalue weighted by Crippen LogP contribution is 2.28. The van der Waals surface area contributed by atoms with E-state index < -0.39 is 59.7 Å². The zero-order chi connectivity index (χ0) is 44.0. The lowest BCUT2D eigenvalue weighted by Crippen LogP contribution is -2.59. The maximum Gasteiger partial charge on any atom is 0.326 e. The number of carboxylic acids is 1. The van der Waals surface area contributed by atoms with E-state index in [1.165, 1.54) is 5.56 Å². The summed E-state index contributed by atoms with van der Waals surface area (Å²) >= 11 is 0. The summed E-state index contributed by atoms with van der Waals surface area (Å²) in [5, 5.41) is 24.3. The molecule has 4 aromatic rings. The van der Waals surface area contributed by atoms with E-state index in [2.05, 4.69) is 64.7 Å². The molecule has 5 amide bonds. The van der Waals surface area contributed by atoms with E-state index in [0.29, 0.717) is 23.6 Å². The van der Waals surface area contributed by atoms with Gasteiger partial charge in [-0.15, -0.1) is 0 Å². The van der Waals surface area contributed by atoms with Gasteiger partial charge in [0.1, 0.15) is 24.2 Å². The number of amides is 5. The molecular formula is C50H59N5O7. The predicted octanol–water partition coefficient (Wildman–Crippen LogP) is 6.31. The summed E-state index contributed by atoms with van der Waals surface area (Å²) < 4.78 is 0. The van der Waals surface area contributed by atoms with E-state index in [4.69, 9.17) is 0 Å². The number of anilines is 1. The Morgan fingerprint density at radius 2 is 1.13 bits per heavy atom. The Morgan fingerprint density at radius 1 is 0.597 bits per heavy atom. The van der Waals surface area contributed by atoms with Crippen LogP contribution in [-0.2, 0) is 54.5 Å². The highest BCUT2D eigenvalue weighted by molar-refractivity contribution is 5.96. The van der Waals surface area contributed by atoms with Crippen LogP contribution in [-0.4, -0.2) is 64.8 Å². The summed E-state index contributed by atoms with van der Waals surface area (Å²) in [6, 6.07) is 27.1. The molecule has 12 nitrogen and oxygen atoms in total. The van der Waals surface area contributed by atoms with Crippen molar-refractivity contribution in [1.82, 2.24) is 21.3 Å². The molecule has 12 heteroatoms. The van der Waals surface area contributed by atoms with Gasteiger partial charge in [0.05, 0.1) is 0 Å². The normalized spacial score (nSPS) is 21.2. The highest BCUT2D eigenvalue weighted by atomic mass is 16.4. The Morgan fingerprint density at radius 3 is 1.71 bits per heavy atom. The number of rotatable bonds is 10. The first-order chi connectivity index (χ1) is 29.9. The van der Waals surface area contributed by atoms with Crippen LogP contribution >= 0.6 is 0 Å². The molecular weight excluding hydrogens is 783 g/mol. The molecule has 6 N–H and O–H groups in total. The van der Waals surface area contributed by atoms with Gasteiger partial charge in [-0.25, -0.2) is 4.79 Å². The Kier molecular flexibility index (Phi) is 16.0. The minimum Gasteiger partial charge on any atom is -0.480 e. The SMILES string of the molecule is CC(C)Cc1ccc(-c2ccc(CC3NC(=O)C(CC4CCCCC4)NC(=O)CCC(=O)Nc4ccc(cc4)CC(C(=O)O)NC(=O)C(Cc4ccccc4)NC3=O)cc2)cc1. The largest absolute Gasteiger partial charge is 0.480 e. The van der Waals surface area contributed by atoms with Crippen LogP contribution in [0.3, 0.4) is 0 Å². The van der Waals surface area contributed by atoms with E-state index in [1.807, 2.05) is 54.6 Å². The summed E-state index contributed by atoms with van der Waals surface area (Å²) in [7, 11) is 0. The Balaban J connectivity index is 1.32. The molecule has 1 saturated carbocycles. The zero-order valence-corrected chi connectivity index (χ0v) is 35.7. The molecule has 1 aliphatic carbocycles. The first kappa shape index (κ1) is 45.2. The van der Waals surface area contributed by atoms with Gasteiger partial charge < -0.3 is 31.7 Å². The minimum absolute atomic E-state index is 0.0465. The Labute approximate surface area is 364 Å². The summed E-state index contributed by atoms with van der Waals surface area (Å²) in [5.41, 5.74) is 5.80. The van der Waals surface area contributed by atoms with Crippen LogP contribution in [0.1, 0.15) is 87.5 Å². The fourth-order valence-electron chi connectivity index (χ4n) is 8.32. The second-order valence-electron chi connectivity index (χ2n) is 17.2. The fourth-order valence-corrected chi connectivity index (χ4v) is 8.32. The molecule has 7 rings (SSSR count). The van der Waals surface area contributed by atoms with Gasteiger partial charge in [0.25, 0.3) is 0 Å². The van der Waals surface area contributed by atoms with Crippen molar-refractivity contribution in [3.8, 4) is 11.1 Å². The summed E-state index contributed by atoms with van der Waals surface area (Å²) in [4.78, 5) is 81.9. The van der Waals surface area contributed by atoms with Crippen molar-refractivity contribution in [2.24, 2.45) is 11.8 Å². The minimum atomic E-state index is -1.34. The van der Waals surface area contributed by atoms with E-state index in [-0.39, 0.29) is 38.0 Å². The molecule has 326 valence electrons. The number of hydrogen-bond acceptors (Lipinski definition) is 6. The Hall–Kier alpha value is -6.30. The van der Waals surface area contributed by atoms with Gasteiger partial charge in [-0.3, -0.25) is 24.0 Å². The maximum atomic E-state index is 14.6. The third-order valence-electron chi connectivity index (χ3n) is 11.7. The lowest BCUT2D eigenvalue weighted by atomic mass is 9.84. The van der Waals surface area contributed by atoms with Gasteiger partial charge in [0, 0.05) is 37.8 Å². The van der Waals surface area contributed by atoms with E-state index in [9.17, 15) is 33.9 Å². The predicted molar refractivity (Wildman–Crippen MR) is 239 cm³/mol. The van der Waals surface area contributed by atoms with Crippen LogP contribution in [0.2, 0.25) is 0 Å². The number of carbonyl (C=O) groups excluding carboxylic acids is 5. The molecule has 1 fully saturated rings. The number of carbonyl (C=O) groups is 6. The molecule has 4 atom stereocenters. The van der Waals surface area contributed by atoms with Crippen molar-refractivity contribution in [1.29, 1.82) is 0 Å². The number of benzene rings is 4. The molecule has 3 aliphatic rings. The second kappa shape index (κ2) is 22.0. The van der Waals surface area contributed by atoms with Gasteiger partial charge in [0.15, 0.2) is 0 Å². The number of carboxylic acid groups (broad SMARTS) is 1. The van der Waals surface area contributed by atoms with Gasteiger partial charge in [0.2, 0.25) is 29.5 Å². The van der Waals surface area contributed by atoms with Crippen molar-refractivity contribution < 1.29 is 33.9 Å². The molecule has 2 aliphatic heterocycles. The van der Waals surface area contributed by atoms with Gasteiger partial charge in [-0.05, 0) is 70.2 Å². The molecule has 4 aromatic carbocycles. The van der Waals surface area contributed by atoms with E-state index in [1.54, 1.807) is 24.3 Å². The molecule has 0 saturated heterocycles. The van der Waals surface area contributed by atoms with Crippen LogP contribution in [0.4, 0.5) is 5.69 Å². The lowest BCUT2D eigenvalue weighted by Gasteiger charge is -2.29. The second-order valence-corrected chi connectivity index (χ2v) is 17.2. The van der Waals surface area contributed by atoms with Crippen LogP contribution in [0.5, 0.6) is 0 Å². The fraction of sp³-hybridized carbons (Fsp3) is 0.400. The molecule has 2 bridgehead atoms. The van der Waals surface area contributed by atoms with Crippen molar-refractivity contribution >= 4 is 41.2 Å². The van der Waals surface area contributed by atoms with Gasteiger partial charge >= 0.3 is 5.97 Å². The maximum absolute atomic E-state index is 14.6. The van der Waals surface area contributed by atoms with Crippen molar-refractivity contribution in [2.75, 3.05) is 5.32 Å². The number of fused-ring (bicyclic) bond motifs is 18. The molecule has 0 spiro atoms. The van der Waals surface area contributed by atoms with Crippen molar-refractivity contribution in [3.05, 3.63) is 125 Å².